The molecule has 2 fully saturated rings. The molecule has 5 aromatic carbocycles. The Morgan fingerprint density at radius 1 is 0.815 bits per heavy atom. The Hall–Kier alpha value is -6.30. The Labute approximate surface area is 310 Å². The van der Waals surface area contributed by atoms with E-state index in [1.807, 2.05) is 121 Å². The zero-order valence-corrected chi connectivity index (χ0v) is 29.1. The van der Waals surface area contributed by atoms with Gasteiger partial charge in [-0.2, -0.15) is 0 Å². The highest BCUT2D eigenvalue weighted by atomic mass is 16.6. The SMILES string of the molecule is O=C1O[C@@H](c2ccccc2)[C@@H](c2ccccc2)N2[C@@H](c3ccc(OCCO)cc3)[C@]3(C(=O)Nc4ccccc43)[C@@H](C(=O)NCc3nc4ccccc4[nH]3)[C@H]12. The van der Waals surface area contributed by atoms with Gasteiger partial charge < -0.3 is 30.2 Å². The van der Waals surface area contributed by atoms with Crippen molar-refractivity contribution in [2.45, 2.75) is 36.2 Å². The van der Waals surface area contributed by atoms with Crippen molar-refractivity contribution in [3.05, 3.63) is 162 Å². The Kier molecular flexibility index (Phi) is 8.44. The minimum atomic E-state index is -1.58. The normalized spacial score (nSPS) is 24.5. The summed E-state index contributed by atoms with van der Waals surface area (Å²) in [6, 6.07) is 39.1. The summed E-state index contributed by atoms with van der Waals surface area (Å²) < 4.78 is 12.2. The van der Waals surface area contributed by atoms with Crippen LogP contribution in [0.2, 0.25) is 0 Å². The van der Waals surface area contributed by atoms with E-state index in [2.05, 4.69) is 25.5 Å². The van der Waals surface area contributed by atoms with Crippen molar-refractivity contribution in [3.63, 3.8) is 0 Å². The van der Waals surface area contributed by atoms with Gasteiger partial charge in [-0.1, -0.05) is 103 Å². The van der Waals surface area contributed by atoms with Crippen LogP contribution in [0.4, 0.5) is 5.69 Å². The van der Waals surface area contributed by atoms with E-state index in [4.69, 9.17) is 9.47 Å². The summed E-state index contributed by atoms with van der Waals surface area (Å²) in [5, 5.41) is 15.6. The predicted octanol–water partition coefficient (Wildman–Crippen LogP) is 5.52. The van der Waals surface area contributed by atoms with Crippen molar-refractivity contribution in [1.82, 2.24) is 20.2 Å². The van der Waals surface area contributed by atoms with Gasteiger partial charge in [0.1, 0.15) is 35.7 Å². The van der Waals surface area contributed by atoms with Gasteiger partial charge in [0.25, 0.3) is 0 Å². The highest BCUT2D eigenvalue weighted by molar-refractivity contribution is 6.12. The van der Waals surface area contributed by atoms with Crippen LogP contribution in [0.3, 0.4) is 0 Å². The summed E-state index contributed by atoms with van der Waals surface area (Å²) in [4.78, 5) is 54.9. The van der Waals surface area contributed by atoms with E-state index >= 15 is 9.59 Å². The molecule has 54 heavy (non-hydrogen) atoms. The van der Waals surface area contributed by atoms with Gasteiger partial charge in [-0.05, 0) is 52.6 Å². The van der Waals surface area contributed by atoms with Crippen LogP contribution in [0.5, 0.6) is 5.75 Å². The smallest absolute Gasteiger partial charge is 0.324 e. The van der Waals surface area contributed by atoms with Crippen LogP contribution in [-0.2, 0) is 31.1 Å². The average Bonchev–Trinajstić information content (AvgIpc) is 3.87. The third-order valence-corrected chi connectivity index (χ3v) is 10.9. The number of rotatable bonds is 9. The number of aliphatic hydroxyl groups excluding tert-OH is 1. The number of nitrogens with one attached hydrogen (secondary N) is 3. The average molecular weight is 720 g/mol. The molecular formula is C43H37N5O6. The number of aromatic amines is 1. The number of cyclic esters (lactones) is 1. The van der Waals surface area contributed by atoms with E-state index in [9.17, 15) is 9.90 Å². The molecule has 11 heteroatoms. The number of imidazole rings is 1. The summed E-state index contributed by atoms with van der Waals surface area (Å²) in [6.07, 6.45) is -0.763. The molecule has 0 aliphatic carbocycles. The van der Waals surface area contributed by atoms with E-state index in [0.29, 0.717) is 28.4 Å². The number of para-hydroxylation sites is 3. The molecule has 0 radical (unpaired) electrons. The number of morpholine rings is 1. The molecule has 11 nitrogen and oxygen atoms in total. The molecule has 9 rings (SSSR count). The number of fused-ring (bicyclic) bond motifs is 4. The molecule has 3 aliphatic heterocycles. The lowest BCUT2D eigenvalue weighted by molar-refractivity contribution is -0.178. The van der Waals surface area contributed by atoms with Crippen LogP contribution in [0, 0.1) is 5.92 Å². The van der Waals surface area contributed by atoms with Crippen molar-refractivity contribution in [2.24, 2.45) is 5.92 Å². The fraction of sp³-hybridized carbons (Fsp3) is 0.209. The van der Waals surface area contributed by atoms with E-state index < -0.39 is 47.4 Å². The van der Waals surface area contributed by atoms with Crippen molar-refractivity contribution in [1.29, 1.82) is 0 Å². The van der Waals surface area contributed by atoms with Crippen LogP contribution >= 0.6 is 0 Å². The molecule has 4 heterocycles. The summed E-state index contributed by atoms with van der Waals surface area (Å²) in [5.74, 6) is -1.61. The van der Waals surface area contributed by atoms with Gasteiger partial charge in [0.05, 0.1) is 42.2 Å². The number of carbonyl (C=O) groups excluding carboxylic acids is 3. The molecule has 6 atom stereocenters. The topological polar surface area (TPSA) is 146 Å². The molecule has 0 bridgehead atoms. The number of amides is 2. The molecule has 270 valence electrons. The Balaban J connectivity index is 1.26. The number of hydrogen-bond acceptors (Lipinski definition) is 8. The van der Waals surface area contributed by atoms with Gasteiger partial charge in [-0.25, -0.2) is 4.98 Å². The first kappa shape index (κ1) is 33.5. The quantitative estimate of drug-likeness (QED) is 0.143. The lowest BCUT2D eigenvalue weighted by Gasteiger charge is -2.46. The van der Waals surface area contributed by atoms with E-state index in [1.165, 1.54) is 0 Å². The van der Waals surface area contributed by atoms with Gasteiger partial charge in [-0.15, -0.1) is 0 Å². The molecule has 2 saturated heterocycles. The van der Waals surface area contributed by atoms with Crippen molar-refractivity contribution >= 4 is 34.5 Å². The minimum absolute atomic E-state index is 0.0431. The lowest BCUT2D eigenvalue weighted by atomic mass is 9.65. The number of ether oxygens (including phenoxy) is 2. The molecule has 6 aromatic rings. The number of anilines is 1. The molecule has 1 spiro atoms. The standard InChI is InChI=1S/C43H37N5O6/c49-23-24-53-29-21-19-28(20-22-29)39-43(30-15-7-8-16-31(30)47-42(43)52)35(40(50)44-25-34-45-32-17-9-10-18-33(32)46-34)37-41(51)54-38(27-13-5-2-6-14-27)36(48(37)39)26-11-3-1-4-12-26/h1-22,35-39,49H,23-25H2,(H,44,50)(H,45,46)(H,47,52)/t35-,36-,37-,38+,39+,43-/m1/s1. The maximum absolute atomic E-state index is 15.1. The van der Waals surface area contributed by atoms with Crippen molar-refractivity contribution in [2.75, 3.05) is 18.5 Å². The van der Waals surface area contributed by atoms with Crippen LogP contribution in [0.1, 0.15) is 46.3 Å². The predicted molar refractivity (Wildman–Crippen MR) is 200 cm³/mol. The molecule has 0 saturated carbocycles. The first-order valence-corrected chi connectivity index (χ1v) is 18.0. The Bertz CT molecular complexity index is 2320. The Morgan fingerprint density at radius 2 is 1.50 bits per heavy atom. The number of aromatic nitrogens is 2. The van der Waals surface area contributed by atoms with Gasteiger partial charge in [0.2, 0.25) is 11.8 Å². The van der Waals surface area contributed by atoms with Gasteiger partial charge >= 0.3 is 5.97 Å². The number of nitrogens with zero attached hydrogens (tertiary/aromatic N) is 2. The highest BCUT2D eigenvalue weighted by Crippen LogP contribution is 2.64. The van der Waals surface area contributed by atoms with E-state index in [0.717, 1.165) is 22.2 Å². The fourth-order valence-corrected chi connectivity index (χ4v) is 8.83. The van der Waals surface area contributed by atoms with Crippen LogP contribution in [-0.4, -0.2) is 57.0 Å². The zero-order valence-electron chi connectivity index (χ0n) is 29.1. The van der Waals surface area contributed by atoms with E-state index in [1.54, 1.807) is 12.1 Å². The monoisotopic (exact) mass is 719 g/mol. The van der Waals surface area contributed by atoms with Gasteiger partial charge in [-0.3, -0.25) is 19.3 Å². The van der Waals surface area contributed by atoms with Gasteiger partial charge in [0, 0.05) is 5.69 Å². The fourth-order valence-electron chi connectivity index (χ4n) is 8.83. The summed E-state index contributed by atoms with van der Waals surface area (Å²) in [5.41, 5.74) is 3.56. The number of benzene rings is 5. The lowest BCUT2D eigenvalue weighted by Crippen LogP contribution is -2.54. The summed E-state index contributed by atoms with van der Waals surface area (Å²) >= 11 is 0. The molecular weight excluding hydrogens is 683 g/mol. The summed E-state index contributed by atoms with van der Waals surface area (Å²) in [6.45, 7) is 0.0127. The number of hydrogen-bond donors (Lipinski definition) is 4. The zero-order chi connectivity index (χ0) is 36.8. The largest absolute Gasteiger partial charge is 0.491 e. The molecule has 3 aliphatic rings. The van der Waals surface area contributed by atoms with Crippen LogP contribution < -0.4 is 15.4 Å². The van der Waals surface area contributed by atoms with E-state index in [-0.39, 0.29) is 25.7 Å². The second-order valence-corrected chi connectivity index (χ2v) is 13.8. The minimum Gasteiger partial charge on any atom is -0.491 e. The van der Waals surface area contributed by atoms with Crippen molar-refractivity contribution < 1.29 is 29.0 Å². The van der Waals surface area contributed by atoms with Gasteiger partial charge in [0.15, 0.2) is 0 Å². The second-order valence-electron chi connectivity index (χ2n) is 13.8. The van der Waals surface area contributed by atoms with Crippen LogP contribution in [0.25, 0.3) is 11.0 Å². The molecule has 1 aromatic heterocycles. The number of carbonyl (C=O) groups is 3. The van der Waals surface area contributed by atoms with Crippen LogP contribution in [0.15, 0.2) is 133 Å². The number of esters is 1. The second kappa shape index (κ2) is 13.6. The molecule has 0 unspecified atom stereocenters. The summed E-state index contributed by atoms with van der Waals surface area (Å²) in [7, 11) is 0. The molecule has 4 N–H and O–H groups in total. The maximum Gasteiger partial charge on any atom is 0.324 e. The molecule has 2 amide bonds. The number of H-pyrrole nitrogens is 1. The third-order valence-electron chi connectivity index (χ3n) is 10.9. The Morgan fingerprint density at radius 3 is 2.24 bits per heavy atom. The first-order chi connectivity index (χ1) is 26.5. The maximum atomic E-state index is 15.1. The first-order valence-electron chi connectivity index (χ1n) is 18.0. The number of aliphatic hydroxyl groups is 1. The highest BCUT2D eigenvalue weighted by Gasteiger charge is 2.74. The third kappa shape index (κ3) is 5.35. The van der Waals surface area contributed by atoms with Crippen molar-refractivity contribution in [3.8, 4) is 5.75 Å².